The Morgan fingerprint density at radius 3 is 2.36 bits per heavy atom. The number of hydrogen-bond donors (Lipinski definition) is 3. The monoisotopic (exact) mass is 394 g/mol. The minimum Gasteiger partial charge on any atom is -0.396 e. The molecular formula is C24H42O4. The normalized spacial score (nSPS) is 54.5. The summed E-state index contributed by atoms with van der Waals surface area (Å²) in [6, 6.07) is 0. The second kappa shape index (κ2) is 6.93. The van der Waals surface area contributed by atoms with E-state index in [1.807, 2.05) is 6.92 Å². The van der Waals surface area contributed by atoms with E-state index >= 15 is 0 Å². The summed E-state index contributed by atoms with van der Waals surface area (Å²) >= 11 is 0. The Bertz CT molecular complexity index is 595. The minimum absolute atomic E-state index is 0.0512. The third-order valence-corrected chi connectivity index (χ3v) is 10.5. The van der Waals surface area contributed by atoms with E-state index in [9.17, 15) is 15.3 Å². The summed E-state index contributed by atoms with van der Waals surface area (Å²) in [4.78, 5) is 0. The van der Waals surface area contributed by atoms with Crippen molar-refractivity contribution < 1.29 is 20.1 Å². The first kappa shape index (κ1) is 21.1. The van der Waals surface area contributed by atoms with Gasteiger partial charge in [0.15, 0.2) is 0 Å². The van der Waals surface area contributed by atoms with E-state index in [-0.39, 0.29) is 17.9 Å². The molecule has 0 aromatic heterocycles. The highest BCUT2D eigenvalue weighted by Crippen LogP contribution is 2.69. The molecule has 4 heteroatoms. The van der Waals surface area contributed by atoms with E-state index in [1.165, 1.54) is 19.3 Å². The summed E-state index contributed by atoms with van der Waals surface area (Å²) in [6.07, 6.45) is 9.47. The Kier molecular flexibility index (Phi) is 5.22. The molecular weight excluding hydrogens is 352 g/mol. The summed E-state index contributed by atoms with van der Waals surface area (Å²) < 4.78 is 5.33. The molecule has 0 radical (unpaired) electrons. The SMILES string of the molecule is COC[C@@]1(O)CC[C@]2(C)C3CC[C@@]4(C)C(CC[C@]4(O)C(C)CO)[C@@H]3CC[C@@H]2C1. The Hall–Kier alpha value is -0.160. The van der Waals surface area contributed by atoms with Gasteiger partial charge in [0, 0.05) is 19.6 Å². The van der Waals surface area contributed by atoms with Gasteiger partial charge in [-0.3, -0.25) is 0 Å². The maximum atomic E-state index is 11.6. The number of fused-ring (bicyclic) bond motifs is 5. The molecule has 9 atom stereocenters. The molecule has 3 N–H and O–H groups in total. The minimum atomic E-state index is -0.722. The second-order valence-corrected chi connectivity index (χ2v) is 11.5. The van der Waals surface area contributed by atoms with Crippen molar-refractivity contribution in [1.82, 2.24) is 0 Å². The number of methoxy groups -OCH3 is 1. The van der Waals surface area contributed by atoms with E-state index in [2.05, 4.69) is 13.8 Å². The molecule has 0 amide bonds. The predicted molar refractivity (Wildman–Crippen MR) is 110 cm³/mol. The molecule has 4 aliphatic carbocycles. The standard InChI is InChI=1S/C24H42O4/c1-16(14-25)24(27)10-8-20-18-6-5-17-13-23(26,15-28-4)12-11-21(17,2)19(18)7-9-22(20,24)3/h16-20,25-27H,5-15H2,1-4H3/t16?,17-,18-,19?,20?,21+,22+,23-,24+/m1/s1. The Labute approximate surface area is 171 Å². The molecule has 4 saturated carbocycles. The van der Waals surface area contributed by atoms with Crippen LogP contribution in [0.4, 0.5) is 0 Å². The highest BCUT2D eigenvalue weighted by Gasteiger charge is 2.66. The van der Waals surface area contributed by atoms with E-state index in [4.69, 9.17) is 4.74 Å². The van der Waals surface area contributed by atoms with Crippen molar-refractivity contribution in [2.24, 2.45) is 40.4 Å². The molecule has 0 aliphatic heterocycles. The van der Waals surface area contributed by atoms with Gasteiger partial charge in [-0.05, 0) is 92.3 Å². The van der Waals surface area contributed by atoms with E-state index < -0.39 is 11.2 Å². The molecule has 4 rings (SSSR count). The largest absolute Gasteiger partial charge is 0.396 e. The summed E-state index contributed by atoms with van der Waals surface area (Å²) in [6.45, 7) is 7.38. The van der Waals surface area contributed by atoms with Gasteiger partial charge in [-0.2, -0.15) is 0 Å². The average Bonchev–Trinajstić information content (AvgIpc) is 2.94. The van der Waals surface area contributed by atoms with Crippen LogP contribution in [0.5, 0.6) is 0 Å². The molecule has 0 saturated heterocycles. The second-order valence-electron chi connectivity index (χ2n) is 11.5. The van der Waals surface area contributed by atoms with Gasteiger partial charge in [-0.25, -0.2) is 0 Å². The maximum Gasteiger partial charge on any atom is 0.0883 e. The summed E-state index contributed by atoms with van der Waals surface area (Å²) in [5.41, 5.74) is -1.11. The molecule has 0 aromatic carbocycles. The summed E-state index contributed by atoms with van der Waals surface area (Å²) in [5.74, 6) is 2.51. The fraction of sp³-hybridized carbons (Fsp3) is 1.00. The van der Waals surface area contributed by atoms with Crippen LogP contribution in [-0.4, -0.2) is 46.8 Å². The molecule has 28 heavy (non-hydrogen) atoms. The third kappa shape index (κ3) is 2.77. The van der Waals surface area contributed by atoms with Crippen LogP contribution >= 0.6 is 0 Å². The zero-order chi connectivity index (χ0) is 20.4. The highest BCUT2D eigenvalue weighted by molar-refractivity contribution is 5.15. The van der Waals surface area contributed by atoms with Gasteiger partial charge in [0.2, 0.25) is 0 Å². The zero-order valence-electron chi connectivity index (χ0n) is 18.4. The van der Waals surface area contributed by atoms with E-state index in [1.54, 1.807) is 7.11 Å². The average molecular weight is 395 g/mol. The van der Waals surface area contributed by atoms with Crippen molar-refractivity contribution in [2.45, 2.75) is 89.8 Å². The van der Waals surface area contributed by atoms with Crippen molar-refractivity contribution in [2.75, 3.05) is 20.3 Å². The van der Waals surface area contributed by atoms with Crippen LogP contribution in [0.15, 0.2) is 0 Å². The van der Waals surface area contributed by atoms with Crippen LogP contribution in [0.1, 0.15) is 78.6 Å². The Morgan fingerprint density at radius 2 is 1.68 bits per heavy atom. The quantitative estimate of drug-likeness (QED) is 0.679. The van der Waals surface area contributed by atoms with Crippen LogP contribution in [-0.2, 0) is 4.74 Å². The molecule has 3 unspecified atom stereocenters. The van der Waals surface area contributed by atoms with Crippen molar-refractivity contribution in [3.63, 3.8) is 0 Å². The van der Waals surface area contributed by atoms with E-state index in [0.717, 1.165) is 38.5 Å². The summed E-state index contributed by atoms with van der Waals surface area (Å²) in [7, 11) is 1.69. The summed E-state index contributed by atoms with van der Waals surface area (Å²) in [5, 5.41) is 32.4. The number of hydrogen-bond acceptors (Lipinski definition) is 4. The van der Waals surface area contributed by atoms with Gasteiger partial charge in [-0.1, -0.05) is 20.8 Å². The van der Waals surface area contributed by atoms with Crippen LogP contribution in [0.2, 0.25) is 0 Å². The molecule has 0 heterocycles. The molecule has 0 spiro atoms. The molecule has 0 aromatic rings. The molecule has 4 nitrogen and oxygen atoms in total. The highest BCUT2D eigenvalue weighted by atomic mass is 16.5. The Morgan fingerprint density at radius 1 is 0.964 bits per heavy atom. The maximum absolute atomic E-state index is 11.6. The van der Waals surface area contributed by atoms with E-state index in [0.29, 0.717) is 35.7 Å². The van der Waals surface area contributed by atoms with Crippen molar-refractivity contribution >= 4 is 0 Å². The fourth-order valence-corrected chi connectivity index (χ4v) is 8.73. The number of aliphatic hydroxyl groups is 3. The number of ether oxygens (including phenoxy) is 1. The van der Waals surface area contributed by atoms with Gasteiger partial charge < -0.3 is 20.1 Å². The van der Waals surface area contributed by atoms with Gasteiger partial charge in [0.25, 0.3) is 0 Å². The van der Waals surface area contributed by atoms with Gasteiger partial charge in [-0.15, -0.1) is 0 Å². The molecule has 0 bridgehead atoms. The first-order valence-electron chi connectivity index (χ1n) is 11.7. The smallest absolute Gasteiger partial charge is 0.0883 e. The lowest BCUT2D eigenvalue weighted by atomic mass is 9.43. The Balaban J connectivity index is 1.58. The van der Waals surface area contributed by atoms with Gasteiger partial charge in [0.05, 0.1) is 17.8 Å². The fourth-order valence-electron chi connectivity index (χ4n) is 8.73. The van der Waals surface area contributed by atoms with Gasteiger partial charge >= 0.3 is 0 Å². The molecule has 162 valence electrons. The number of rotatable bonds is 4. The topological polar surface area (TPSA) is 69.9 Å². The van der Waals surface area contributed by atoms with Crippen molar-refractivity contribution in [3.05, 3.63) is 0 Å². The first-order valence-corrected chi connectivity index (χ1v) is 11.7. The van der Waals surface area contributed by atoms with Crippen LogP contribution in [0.3, 0.4) is 0 Å². The predicted octanol–water partition coefficient (Wildman–Crippen LogP) is 3.77. The number of aliphatic hydroxyl groups excluding tert-OH is 1. The van der Waals surface area contributed by atoms with Crippen LogP contribution < -0.4 is 0 Å². The lowest BCUT2D eigenvalue weighted by molar-refractivity contribution is -0.188. The van der Waals surface area contributed by atoms with Crippen LogP contribution in [0.25, 0.3) is 0 Å². The first-order chi connectivity index (χ1) is 13.1. The zero-order valence-corrected chi connectivity index (χ0v) is 18.4. The van der Waals surface area contributed by atoms with Crippen molar-refractivity contribution in [1.29, 1.82) is 0 Å². The molecule has 4 fully saturated rings. The van der Waals surface area contributed by atoms with Gasteiger partial charge in [0.1, 0.15) is 0 Å². The lowest BCUT2D eigenvalue weighted by Gasteiger charge is -2.63. The van der Waals surface area contributed by atoms with Crippen LogP contribution in [0, 0.1) is 40.4 Å². The van der Waals surface area contributed by atoms with Crippen molar-refractivity contribution in [3.8, 4) is 0 Å². The lowest BCUT2D eigenvalue weighted by Crippen LogP contribution is -2.59. The molecule has 4 aliphatic rings. The third-order valence-electron chi connectivity index (χ3n) is 10.5.